The number of amides is 2. The van der Waals surface area contributed by atoms with Gasteiger partial charge in [0.1, 0.15) is 10.6 Å². The number of nitrogens with zero attached hydrogens (tertiary/aromatic N) is 1. The first-order chi connectivity index (χ1) is 15.9. The molecule has 4 rings (SSSR count). The van der Waals surface area contributed by atoms with Crippen LogP contribution in [0.4, 0.5) is 5.69 Å². The molecule has 1 aliphatic heterocycles. The normalized spacial score (nSPS) is 16.9. The number of benzene rings is 2. The molecule has 2 N–H and O–H groups in total. The molecule has 33 heavy (non-hydrogen) atoms. The van der Waals surface area contributed by atoms with Gasteiger partial charge in [0.05, 0.1) is 7.11 Å². The number of hydrogen-bond acceptors (Lipinski definition) is 5. The Bertz CT molecular complexity index is 1130. The first-order valence-corrected chi connectivity index (χ1v) is 12.7. The maximum Gasteiger partial charge on any atom is 0.251 e. The van der Waals surface area contributed by atoms with Gasteiger partial charge in [-0.3, -0.25) is 9.59 Å². The molecule has 1 saturated carbocycles. The zero-order valence-electron chi connectivity index (χ0n) is 18.7. The van der Waals surface area contributed by atoms with E-state index < -0.39 is 10.0 Å². The van der Waals surface area contributed by atoms with Gasteiger partial charge in [0.25, 0.3) is 5.91 Å². The number of methoxy groups -OCH3 is 1. The SMILES string of the molecule is COc1ccc(C(=O)NCc2ccc(N3CCCC3=O)cc2)cc1S(=O)(=O)NC1CCCC1. The van der Waals surface area contributed by atoms with Crippen molar-refractivity contribution in [1.29, 1.82) is 0 Å². The first kappa shape index (κ1) is 23.3. The largest absolute Gasteiger partial charge is 0.495 e. The average molecular weight is 472 g/mol. The number of rotatable bonds is 8. The molecule has 2 amide bonds. The highest BCUT2D eigenvalue weighted by Crippen LogP contribution is 2.27. The Morgan fingerprint density at radius 1 is 1.09 bits per heavy atom. The van der Waals surface area contributed by atoms with Crippen molar-refractivity contribution in [3.05, 3.63) is 53.6 Å². The van der Waals surface area contributed by atoms with E-state index in [1.807, 2.05) is 24.3 Å². The lowest BCUT2D eigenvalue weighted by Gasteiger charge is -2.16. The van der Waals surface area contributed by atoms with Crippen molar-refractivity contribution < 1.29 is 22.7 Å². The summed E-state index contributed by atoms with van der Waals surface area (Å²) in [5, 5.41) is 2.83. The molecule has 1 saturated heterocycles. The third kappa shape index (κ3) is 5.36. The predicted octanol–water partition coefficient (Wildman–Crippen LogP) is 2.97. The van der Waals surface area contributed by atoms with E-state index >= 15 is 0 Å². The lowest BCUT2D eigenvalue weighted by atomic mass is 10.1. The van der Waals surface area contributed by atoms with Gasteiger partial charge in [-0.15, -0.1) is 0 Å². The Morgan fingerprint density at radius 2 is 1.82 bits per heavy atom. The fourth-order valence-corrected chi connectivity index (χ4v) is 5.85. The van der Waals surface area contributed by atoms with Crippen LogP contribution in [0.1, 0.15) is 54.4 Å². The van der Waals surface area contributed by atoms with Crippen LogP contribution in [0, 0.1) is 0 Å². The van der Waals surface area contributed by atoms with Gasteiger partial charge >= 0.3 is 0 Å². The molecule has 1 aliphatic carbocycles. The smallest absolute Gasteiger partial charge is 0.251 e. The van der Waals surface area contributed by atoms with Gasteiger partial charge in [-0.05, 0) is 55.2 Å². The summed E-state index contributed by atoms with van der Waals surface area (Å²) in [4.78, 5) is 26.4. The van der Waals surface area contributed by atoms with Crippen LogP contribution in [0.15, 0.2) is 47.4 Å². The second-order valence-electron chi connectivity index (χ2n) is 8.47. The summed E-state index contributed by atoms with van der Waals surface area (Å²) < 4.78 is 33.8. The van der Waals surface area contributed by atoms with Gasteiger partial charge in [-0.1, -0.05) is 25.0 Å². The first-order valence-electron chi connectivity index (χ1n) is 11.3. The molecule has 0 unspecified atom stereocenters. The van der Waals surface area contributed by atoms with Gasteiger partial charge in [0.15, 0.2) is 0 Å². The highest BCUT2D eigenvalue weighted by Gasteiger charge is 2.27. The fraction of sp³-hybridized carbons (Fsp3) is 0.417. The number of carbonyl (C=O) groups excluding carboxylic acids is 2. The highest BCUT2D eigenvalue weighted by atomic mass is 32.2. The molecule has 0 spiro atoms. The van der Waals surface area contributed by atoms with Crippen molar-refractivity contribution in [3.63, 3.8) is 0 Å². The van der Waals surface area contributed by atoms with E-state index in [4.69, 9.17) is 4.74 Å². The number of ether oxygens (including phenoxy) is 1. The lowest BCUT2D eigenvalue weighted by Crippen LogP contribution is -2.33. The van der Waals surface area contributed by atoms with Crippen molar-refractivity contribution in [2.45, 2.75) is 56.0 Å². The van der Waals surface area contributed by atoms with E-state index in [-0.39, 0.29) is 40.6 Å². The van der Waals surface area contributed by atoms with Gasteiger partial charge in [0.2, 0.25) is 15.9 Å². The molecular weight excluding hydrogens is 442 g/mol. The van der Waals surface area contributed by atoms with Crippen molar-refractivity contribution in [3.8, 4) is 5.75 Å². The molecule has 1 heterocycles. The maximum atomic E-state index is 12.9. The quantitative estimate of drug-likeness (QED) is 0.616. The monoisotopic (exact) mass is 471 g/mol. The van der Waals surface area contributed by atoms with Crippen LogP contribution in [0.2, 0.25) is 0 Å². The number of carbonyl (C=O) groups is 2. The molecule has 0 bridgehead atoms. The van der Waals surface area contributed by atoms with Crippen LogP contribution in [0.3, 0.4) is 0 Å². The van der Waals surface area contributed by atoms with E-state index in [0.717, 1.165) is 49.9 Å². The summed E-state index contributed by atoms with van der Waals surface area (Å²) in [6, 6.07) is 11.8. The van der Waals surface area contributed by atoms with E-state index in [2.05, 4.69) is 10.0 Å². The standard InChI is InChI=1S/C24H29N3O5S/c1-32-21-13-10-18(15-22(21)33(30,31)26-19-5-2-3-6-19)24(29)25-16-17-8-11-20(12-9-17)27-14-4-7-23(27)28/h8-13,15,19,26H,2-7,14,16H2,1H3,(H,25,29). The molecule has 8 nitrogen and oxygen atoms in total. The Labute approximate surface area is 194 Å². The second-order valence-corrected chi connectivity index (χ2v) is 10.1. The summed E-state index contributed by atoms with van der Waals surface area (Å²) in [6.45, 7) is 1.01. The number of sulfonamides is 1. The topological polar surface area (TPSA) is 105 Å². The van der Waals surface area contributed by atoms with Crippen LogP contribution < -0.4 is 19.7 Å². The van der Waals surface area contributed by atoms with E-state index in [9.17, 15) is 18.0 Å². The average Bonchev–Trinajstić information content (AvgIpc) is 3.48. The molecule has 0 atom stereocenters. The third-order valence-corrected chi connectivity index (χ3v) is 7.71. The number of nitrogens with one attached hydrogen (secondary N) is 2. The predicted molar refractivity (Wildman–Crippen MR) is 125 cm³/mol. The van der Waals surface area contributed by atoms with Gasteiger partial charge in [0, 0.05) is 36.8 Å². The summed E-state index contributed by atoms with van der Waals surface area (Å²) in [5.41, 5.74) is 1.97. The van der Waals surface area contributed by atoms with Crippen LogP contribution in [0.5, 0.6) is 5.75 Å². The summed E-state index contributed by atoms with van der Waals surface area (Å²) >= 11 is 0. The minimum absolute atomic E-state index is 0.0378. The van der Waals surface area contributed by atoms with Crippen LogP contribution >= 0.6 is 0 Å². The van der Waals surface area contributed by atoms with Gasteiger partial charge in [-0.2, -0.15) is 0 Å². The van der Waals surface area contributed by atoms with E-state index in [0.29, 0.717) is 6.42 Å². The van der Waals surface area contributed by atoms with E-state index in [1.54, 1.807) is 11.0 Å². The second kappa shape index (κ2) is 9.93. The number of anilines is 1. The minimum atomic E-state index is -3.81. The summed E-state index contributed by atoms with van der Waals surface area (Å²) in [7, 11) is -2.41. The Hall–Kier alpha value is -2.91. The van der Waals surface area contributed by atoms with Gasteiger partial charge < -0.3 is 15.0 Å². The van der Waals surface area contributed by atoms with Crippen LogP contribution in [0.25, 0.3) is 0 Å². The van der Waals surface area contributed by atoms with Crippen LogP contribution in [-0.4, -0.2) is 39.9 Å². The Morgan fingerprint density at radius 3 is 2.45 bits per heavy atom. The molecule has 0 radical (unpaired) electrons. The molecule has 2 aromatic rings. The van der Waals surface area contributed by atoms with Crippen LogP contribution in [-0.2, 0) is 21.4 Å². The summed E-state index contributed by atoms with van der Waals surface area (Å²) in [5.74, 6) is -0.0541. The maximum absolute atomic E-state index is 12.9. The van der Waals surface area contributed by atoms with Crippen molar-refractivity contribution in [1.82, 2.24) is 10.0 Å². The number of hydrogen-bond donors (Lipinski definition) is 2. The molecule has 176 valence electrons. The van der Waals surface area contributed by atoms with Crippen molar-refractivity contribution in [2.24, 2.45) is 0 Å². The zero-order valence-corrected chi connectivity index (χ0v) is 19.5. The third-order valence-electron chi connectivity index (χ3n) is 6.17. The van der Waals surface area contributed by atoms with E-state index in [1.165, 1.54) is 19.2 Å². The molecule has 9 heteroatoms. The Balaban J connectivity index is 1.43. The molecule has 2 aliphatic rings. The molecule has 2 fully saturated rings. The van der Waals surface area contributed by atoms with Crippen molar-refractivity contribution >= 4 is 27.5 Å². The Kier molecular flexibility index (Phi) is 6.99. The van der Waals surface area contributed by atoms with Crippen molar-refractivity contribution in [2.75, 3.05) is 18.6 Å². The molecule has 0 aromatic heterocycles. The lowest BCUT2D eigenvalue weighted by molar-refractivity contribution is -0.117. The highest BCUT2D eigenvalue weighted by molar-refractivity contribution is 7.89. The fourth-order valence-electron chi connectivity index (χ4n) is 4.35. The minimum Gasteiger partial charge on any atom is -0.495 e. The zero-order chi connectivity index (χ0) is 23.4. The summed E-state index contributed by atoms with van der Waals surface area (Å²) in [6.07, 6.45) is 5.07. The van der Waals surface area contributed by atoms with Gasteiger partial charge in [-0.25, -0.2) is 13.1 Å². The molecule has 2 aromatic carbocycles. The molecular formula is C24H29N3O5S.